The number of fused-ring (bicyclic) bond motifs is 7. The highest BCUT2D eigenvalue weighted by atomic mass is 32.2. The van der Waals surface area contributed by atoms with Crippen LogP contribution < -0.4 is 5.32 Å². The number of sulfone groups is 1. The minimum absolute atomic E-state index is 0.0863. The topological polar surface area (TPSA) is 111 Å². The summed E-state index contributed by atoms with van der Waals surface area (Å²) in [7, 11) is -4.95. The van der Waals surface area contributed by atoms with Gasteiger partial charge in [-0.3, -0.25) is 14.5 Å². The van der Waals surface area contributed by atoms with Gasteiger partial charge in [-0.25, -0.2) is 8.42 Å². The zero-order valence-corrected chi connectivity index (χ0v) is 44.4. The minimum Gasteiger partial charge on any atom is -0.466 e. The second kappa shape index (κ2) is 18.0. The van der Waals surface area contributed by atoms with Gasteiger partial charge in [-0.1, -0.05) is 81.4 Å². The molecule has 6 rings (SSSR count). The molecule has 5 saturated carbocycles. The maximum Gasteiger partial charge on any atom is 0.306 e. The van der Waals surface area contributed by atoms with Gasteiger partial charge < -0.3 is 19.2 Å². The lowest BCUT2D eigenvalue weighted by Gasteiger charge is -2.73. The maximum absolute atomic E-state index is 13.5. The van der Waals surface area contributed by atoms with E-state index in [-0.39, 0.29) is 80.7 Å². The van der Waals surface area contributed by atoms with Gasteiger partial charge in [0.25, 0.3) is 0 Å². The molecule has 0 aromatic carbocycles. The highest BCUT2D eigenvalue weighted by Gasteiger charge is 2.71. The van der Waals surface area contributed by atoms with Crippen LogP contribution in [0.25, 0.3) is 0 Å². The number of nitrogens with one attached hydrogen (secondary N) is 1. The number of esters is 2. The highest BCUT2D eigenvalue weighted by molar-refractivity contribution is 7.91. The van der Waals surface area contributed by atoms with Gasteiger partial charge in [-0.05, 0) is 160 Å². The molecular weight excluding hydrogens is 825 g/mol. The lowest BCUT2D eigenvalue weighted by Crippen LogP contribution is -2.69. The molecule has 1 unspecified atom stereocenters. The summed E-state index contributed by atoms with van der Waals surface area (Å²) in [5.41, 5.74) is 1.37. The summed E-state index contributed by atoms with van der Waals surface area (Å²) in [6, 6.07) is 0.195. The SMILES string of the molecule is C=C(C)[C@@H]1CC[C@]2(NCCC(CO[Si](C)(C)C(C)(C)C)N3CCS(=O)(=O)CC3)CC[C@]3(C)[C@H](CC[C@@H]4[C@@]5(C)CC[C@H](OC(=O)CC(C)(C)CC(=O)OCC)C(C)(C)[C@@H]5CC[C@]43C)[C@@H]12. The lowest BCUT2D eigenvalue weighted by molar-refractivity contribution is -0.246. The smallest absolute Gasteiger partial charge is 0.306 e. The first-order chi connectivity index (χ1) is 29.0. The molecule has 1 saturated heterocycles. The van der Waals surface area contributed by atoms with Crippen molar-refractivity contribution in [3.8, 4) is 0 Å². The van der Waals surface area contributed by atoms with Crippen LogP contribution in [-0.4, -0.2) is 95.6 Å². The number of nitrogens with zero attached hydrogens (tertiary/aromatic N) is 1. The van der Waals surface area contributed by atoms with E-state index in [4.69, 9.17) is 13.9 Å². The Morgan fingerprint density at radius 1 is 0.841 bits per heavy atom. The lowest BCUT2D eigenvalue weighted by atomic mass is 9.32. The number of hydrogen-bond donors (Lipinski definition) is 1. The molecule has 0 radical (unpaired) electrons. The quantitative estimate of drug-likeness (QED) is 0.0975. The van der Waals surface area contributed by atoms with E-state index in [0.717, 1.165) is 32.2 Å². The Hall–Kier alpha value is -1.27. The molecule has 5 aliphatic carbocycles. The fourth-order valence-corrected chi connectivity index (χ4v) is 17.6. The van der Waals surface area contributed by atoms with Crippen LogP contribution >= 0.6 is 0 Å². The van der Waals surface area contributed by atoms with E-state index in [2.05, 4.69) is 92.2 Å². The molecule has 0 bridgehead atoms. The van der Waals surface area contributed by atoms with Crippen LogP contribution in [-0.2, 0) is 33.3 Å². The summed E-state index contributed by atoms with van der Waals surface area (Å²) in [5, 5.41) is 4.47. The molecule has 0 spiro atoms. The van der Waals surface area contributed by atoms with Gasteiger partial charge in [0.15, 0.2) is 18.2 Å². The summed E-state index contributed by atoms with van der Waals surface area (Å²) in [6.07, 6.45) is 12.9. The van der Waals surface area contributed by atoms with Crippen LogP contribution in [0, 0.1) is 56.7 Å². The van der Waals surface area contributed by atoms with E-state index in [1.54, 1.807) is 0 Å². The van der Waals surface area contributed by atoms with Gasteiger partial charge in [0.1, 0.15) is 6.10 Å². The van der Waals surface area contributed by atoms with Crippen molar-refractivity contribution in [3.05, 3.63) is 12.2 Å². The molecule has 0 amide bonds. The largest absolute Gasteiger partial charge is 0.466 e. The fourth-order valence-electron chi connectivity index (χ4n) is 15.4. The molecule has 11 atom stereocenters. The van der Waals surface area contributed by atoms with Crippen molar-refractivity contribution in [2.24, 2.45) is 56.7 Å². The van der Waals surface area contributed by atoms with Gasteiger partial charge >= 0.3 is 11.9 Å². The van der Waals surface area contributed by atoms with Gasteiger partial charge in [-0.15, -0.1) is 0 Å². The van der Waals surface area contributed by atoms with E-state index in [0.29, 0.717) is 55.9 Å². The Morgan fingerprint density at radius 3 is 2.11 bits per heavy atom. The van der Waals surface area contributed by atoms with Crippen molar-refractivity contribution in [2.75, 3.05) is 44.4 Å². The summed E-state index contributed by atoms with van der Waals surface area (Å²) < 4.78 is 43.5. The van der Waals surface area contributed by atoms with Gasteiger partial charge in [0.2, 0.25) is 0 Å². The van der Waals surface area contributed by atoms with E-state index < -0.39 is 23.6 Å². The molecule has 1 aliphatic heterocycles. The van der Waals surface area contributed by atoms with Crippen LogP contribution in [0.3, 0.4) is 0 Å². The molecule has 1 N–H and O–H groups in total. The van der Waals surface area contributed by atoms with Crippen molar-refractivity contribution in [1.82, 2.24) is 10.2 Å². The number of allylic oxidation sites excluding steroid dienone is 1. The molecule has 9 nitrogen and oxygen atoms in total. The van der Waals surface area contributed by atoms with Gasteiger partial charge in [0.05, 0.1) is 31.0 Å². The van der Waals surface area contributed by atoms with Crippen LogP contribution in [0.1, 0.15) is 167 Å². The molecule has 11 heteroatoms. The van der Waals surface area contributed by atoms with E-state index in [1.165, 1.54) is 50.5 Å². The predicted molar refractivity (Wildman–Crippen MR) is 259 cm³/mol. The van der Waals surface area contributed by atoms with Crippen molar-refractivity contribution in [1.29, 1.82) is 0 Å². The van der Waals surface area contributed by atoms with E-state index >= 15 is 0 Å². The fraction of sp³-hybridized carbons (Fsp3) is 0.923. The molecule has 0 aromatic rings. The van der Waals surface area contributed by atoms with Crippen molar-refractivity contribution in [2.45, 2.75) is 202 Å². The predicted octanol–water partition coefficient (Wildman–Crippen LogP) is 10.8. The zero-order chi connectivity index (χ0) is 46.8. The highest BCUT2D eigenvalue weighted by Crippen LogP contribution is 2.76. The molecule has 1 heterocycles. The maximum atomic E-state index is 13.5. The number of ether oxygens (including phenoxy) is 2. The summed E-state index contributed by atoms with van der Waals surface area (Å²) >= 11 is 0. The first kappa shape index (κ1) is 51.1. The van der Waals surface area contributed by atoms with Crippen LogP contribution in [0.4, 0.5) is 0 Å². The standard InChI is InChI=1S/C52H92N2O7SSi/c1-16-59-43(55)33-47(7,8)34-44(56)61-42-21-23-49(11)40(48(42,9)10)20-24-51(13)41(49)18-17-39-45-38(36(2)3)19-25-52(45,27-26-50(39,51)12)53-28-22-37(35-60-63(14,15)46(4,5)6)54-29-31-62(57,58)32-30-54/h37-42,45,53H,2,16-35H2,1,3-15H3/t37?,38-,39+,40-,41+,42-,45+,49-,50+,51+,52-/m0/s1. The van der Waals surface area contributed by atoms with Gasteiger partial charge in [0, 0.05) is 36.7 Å². The molecule has 6 aliphatic rings. The van der Waals surface area contributed by atoms with Crippen molar-refractivity contribution >= 4 is 30.1 Å². The third kappa shape index (κ3) is 9.73. The minimum atomic E-state index is -2.97. The van der Waals surface area contributed by atoms with Crippen molar-refractivity contribution in [3.63, 3.8) is 0 Å². The van der Waals surface area contributed by atoms with Gasteiger partial charge in [-0.2, -0.15) is 0 Å². The number of carbonyl (C=O) groups is 2. The first-order valence-electron chi connectivity index (χ1n) is 25.3. The first-order valence-corrected chi connectivity index (χ1v) is 30.0. The number of rotatable bonds is 15. The zero-order valence-electron chi connectivity index (χ0n) is 42.6. The molecular formula is C52H92N2O7SSi. The second-order valence-corrected chi connectivity index (χ2v) is 32.7. The molecule has 63 heavy (non-hydrogen) atoms. The Kier molecular flexibility index (Phi) is 14.6. The average Bonchev–Trinajstić information content (AvgIpc) is 3.54. The summed E-state index contributed by atoms with van der Waals surface area (Å²) in [4.78, 5) is 28.3. The van der Waals surface area contributed by atoms with Crippen LogP contribution in [0.15, 0.2) is 12.2 Å². The second-order valence-electron chi connectivity index (χ2n) is 25.6. The number of hydrogen-bond acceptors (Lipinski definition) is 9. The number of carbonyl (C=O) groups excluding carboxylic acids is 2. The normalized spacial score (nSPS) is 38.3. The Labute approximate surface area is 386 Å². The Morgan fingerprint density at radius 2 is 1.49 bits per heavy atom. The van der Waals surface area contributed by atoms with Crippen LogP contribution in [0.5, 0.6) is 0 Å². The van der Waals surface area contributed by atoms with Crippen molar-refractivity contribution < 1.29 is 31.9 Å². The monoisotopic (exact) mass is 917 g/mol. The van der Waals surface area contributed by atoms with Crippen LogP contribution in [0.2, 0.25) is 18.1 Å². The summed E-state index contributed by atoms with van der Waals surface area (Å²) in [5.74, 6) is 2.81. The van der Waals surface area contributed by atoms with E-state index in [1.807, 2.05) is 20.8 Å². The Balaban J connectivity index is 1.18. The molecule has 0 aromatic heterocycles. The third-order valence-corrected chi connectivity index (χ3v) is 26.2. The summed E-state index contributed by atoms with van der Waals surface area (Å²) in [6.45, 7) is 40.1. The molecule has 6 fully saturated rings. The molecule has 362 valence electrons. The average molecular weight is 917 g/mol. The van der Waals surface area contributed by atoms with E-state index in [9.17, 15) is 18.0 Å². The third-order valence-electron chi connectivity index (χ3n) is 20.1. The Bertz CT molecular complexity index is 1790.